The molecule has 0 amide bonds. The van der Waals surface area contributed by atoms with Crippen LogP contribution in [0.25, 0.3) is 0 Å². The maximum Gasteiger partial charge on any atom is 0.191 e. The van der Waals surface area contributed by atoms with Crippen molar-refractivity contribution in [1.82, 2.24) is 15.5 Å². The van der Waals surface area contributed by atoms with Crippen LogP contribution in [0, 0.1) is 11.3 Å². The summed E-state index contributed by atoms with van der Waals surface area (Å²) >= 11 is 0. The minimum atomic E-state index is 0.362. The first-order chi connectivity index (χ1) is 12.2. The van der Waals surface area contributed by atoms with E-state index in [1.807, 2.05) is 0 Å². The van der Waals surface area contributed by atoms with Gasteiger partial charge in [0.15, 0.2) is 5.96 Å². The van der Waals surface area contributed by atoms with Gasteiger partial charge in [-0.05, 0) is 63.5 Å². The zero-order valence-corrected chi connectivity index (χ0v) is 16.8. The van der Waals surface area contributed by atoms with Gasteiger partial charge in [0.25, 0.3) is 0 Å². The maximum atomic E-state index is 5.34. The zero-order valence-electron chi connectivity index (χ0n) is 16.8. The molecular formula is C20H40N4O. The number of methoxy groups -OCH3 is 1. The van der Waals surface area contributed by atoms with Crippen molar-refractivity contribution in [2.75, 3.05) is 53.0 Å². The zero-order chi connectivity index (χ0) is 18.0. The molecule has 1 aliphatic carbocycles. The van der Waals surface area contributed by atoms with Crippen LogP contribution in [0.4, 0.5) is 0 Å². The molecule has 25 heavy (non-hydrogen) atoms. The Morgan fingerprint density at radius 3 is 2.56 bits per heavy atom. The Labute approximate surface area is 155 Å². The van der Waals surface area contributed by atoms with Gasteiger partial charge in [-0.2, -0.15) is 0 Å². The Hall–Kier alpha value is -0.810. The summed E-state index contributed by atoms with van der Waals surface area (Å²) in [6.45, 7) is 11.8. The number of ether oxygens (including phenoxy) is 1. The Kier molecular flexibility index (Phi) is 9.04. The van der Waals surface area contributed by atoms with Gasteiger partial charge in [0, 0.05) is 39.9 Å². The molecule has 1 aliphatic heterocycles. The van der Waals surface area contributed by atoms with Crippen LogP contribution in [-0.2, 0) is 4.74 Å². The first-order valence-corrected chi connectivity index (χ1v) is 10.4. The van der Waals surface area contributed by atoms with Crippen molar-refractivity contribution in [3.63, 3.8) is 0 Å². The normalized spacial score (nSPS) is 22.3. The van der Waals surface area contributed by atoms with Crippen molar-refractivity contribution in [3.8, 4) is 0 Å². The van der Waals surface area contributed by atoms with E-state index in [0.29, 0.717) is 5.41 Å². The number of aliphatic imine (C=N–C) groups is 1. The van der Waals surface area contributed by atoms with Crippen LogP contribution in [0.1, 0.15) is 58.8 Å². The molecule has 1 heterocycles. The lowest BCUT2D eigenvalue weighted by molar-refractivity contribution is 0.141. The lowest BCUT2D eigenvalue weighted by Crippen LogP contribution is -2.43. The van der Waals surface area contributed by atoms with Gasteiger partial charge in [-0.3, -0.25) is 4.99 Å². The van der Waals surface area contributed by atoms with Crippen molar-refractivity contribution in [2.45, 2.75) is 58.8 Å². The molecule has 2 rings (SSSR count). The molecule has 0 spiro atoms. The van der Waals surface area contributed by atoms with Gasteiger partial charge in [0.2, 0.25) is 0 Å². The first-order valence-electron chi connectivity index (χ1n) is 10.4. The average molecular weight is 353 g/mol. The third kappa shape index (κ3) is 7.14. The van der Waals surface area contributed by atoms with E-state index in [1.165, 1.54) is 51.6 Å². The number of nitrogens with one attached hydrogen (secondary N) is 2. The summed E-state index contributed by atoms with van der Waals surface area (Å²) in [5.74, 6) is 1.88. The second kappa shape index (κ2) is 11.0. The third-order valence-corrected chi connectivity index (χ3v) is 6.01. The van der Waals surface area contributed by atoms with Crippen molar-refractivity contribution >= 4 is 5.96 Å². The van der Waals surface area contributed by atoms with Crippen molar-refractivity contribution in [1.29, 1.82) is 0 Å². The SMILES string of the molecule is CCNC(=NCC1(CCOC)CCCC1)NCCN1CCC(C)CC1. The molecule has 2 fully saturated rings. The maximum absolute atomic E-state index is 5.34. The smallest absolute Gasteiger partial charge is 0.191 e. The first kappa shape index (κ1) is 20.5. The summed E-state index contributed by atoms with van der Waals surface area (Å²) in [4.78, 5) is 7.51. The van der Waals surface area contributed by atoms with Crippen LogP contribution in [0.15, 0.2) is 4.99 Å². The number of nitrogens with zero attached hydrogens (tertiary/aromatic N) is 2. The van der Waals surface area contributed by atoms with Gasteiger partial charge < -0.3 is 20.3 Å². The van der Waals surface area contributed by atoms with Crippen molar-refractivity contribution in [2.24, 2.45) is 16.3 Å². The second-order valence-electron chi connectivity index (χ2n) is 8.10. The van der Waals surface area contributed by atoms with E-state index in [-0.39, 0.29) is 0 Å². The number of rotatable bonds is 9. The standard InChI is InChI=1S/C20H40N4O/c1-4-21-19(22-12-15-24-13-7-18(2)8-14-24)23-17-20(11-16-25-3)9-5-6-10-20/h18H,4-17H2,1-3H3,(H2,21,22,23). The quantitative estimate of drug-likeness (QED) is 0.495. The number of guanidine groups is 1. The van der Waals surface area contributed by atoms with E-state index < -0.39 is 0 Å². The molecule has 5 heteroatoms. The fourth-order valence-electron chi connectivity index (χ4n) is 4.14. The summed E-state index contributed by atoms with van der Waals surface area (Å²) in [7, 11) is 1.80. The number of piperidine rings is 1. The molecule has 0 radical (unpaired) electrons. The van der Waals surface area contributed by atoms with E-state index in [4.69, 9.17) is 9.73 Å². The highest BCUT2D eigenvalue weighted by atomic mass is 16.5. The summed E-state index contributed by atoms with van der Waals surface area (Å²) in [6.07, 6.45) is 9.11. The molecule has 0 aromatic rings. The highest BCUT2D eigenvalue weighted by Gasteiger charge is 2.33. The Morgan fingerprint density at radius 1 is 1.20 bits per heavy atom. The number of hydrogen-bond donors (Lipinski definition) is 2. The van der Waals surface area contributed by atoms with Crippen LogP contribution >= 0.6 is 0 Å². The van der Waals surface area contributed by atoms with Gasteiger partial charge in [-0.15, -0.1) is 0 Å². The Morgan fingerprint density at radius 2 is 1.92 bits per heavy atom. The van der Waals surface area contributed by atoms with Gasteiger partial charge >= 0.3 is 0 Å². The largest absolute Gasteiger partial charge is 0.385 e. The number of likely N-dealkylation sites (tertiary alicyclic amines) is 1. The highest BCUT2D eigenvalue weighted by molar-refractivity contribution is 5.79. The van der Waals surface area contributed by atoms with E-state index >= 15 is 0 Å². The molecule has 0 aromatic carbocycles. The van der Waals surface area contributed by atoms with Crippen molar-refractivity contribution < 1.29 is 4.74 Å². The summed E-state index contributed by atoms with van der Waals surface area (Å²) in [5, 5.41) is 6.96. The van der Waals surface area contributed by atoms with Gasteiger partial charge in [0.1, 0.15) is 0 Å². The highest BCUT2D eigenvalue weighted by Crippen LogP contribution is 2.41. The average Bonchev–Trinajstić information content (AvgIpc) is 3.09. The predicted molar refractivity (Wildman–Crippen MR) is 106 cm³/mol. The minimum absolute atomic E-state index is 0.362. The van der Waals surface area contributed by atoms with Crippen LogP contribution < -0.4 is 10.6 Å². The molecular weight excluding hydrogens is 312 g/mol. The van der Waals surface area contributed by atoms with E-state index in [1.54, 1.807) is 7.11 Å². The molecule has 2 N–H and O–H groups in total. The van der Waals surface area contributed by atoms with Crippen LogP contribution in [0.5, 0.6) is 0 Å². The minimum Gasteiger partial charge on any atom is -0.385 e. The fraction of sp³-hybridized carbons (Fsp3) is 0.950. The lowest BCUT2D eigenvalue weighted by atomic mass is 9.83. The summed E-state index contributed by atoms with van der Waals surface area (Å²) < 4.78 is 5.34. The number of hydrogen-bond acceptors (Lipinski definition) is 3. The monoisotopic (exact) mass is 352 g/mol. The second-order valence-corrected chi connectivity index (χ2v) is 8.10. The van der Waals surface area contributed by atoms with Gasteiger partial charge in [-0.25, -0.2) is 0 Å². The van der Waals surface area contributed by atoms with E-state index in [2.05, 4.69) is 29.4 Å². The molecule has 5 nitrogen and oxygen atoms in total. The Balaban J connectivity index is 1.78. The lowest BCUT2D eigenvalue weighted by Gasteiger charge is -2.30. The topological polar surface area (TPSA) is 48.9 Å². The molecule has 1 saturated heterocycles. The van der Waals surface area contributed by atoms with Crippen LogP contribution in [0.3, 0.4) is 0 Å². The van der Waals surface area contributed by atoms with E-state index in [9.17, 15) is 0 Å². The molecule has 146 valence electrons. The molecule has 0 unspecified atom stereocenters. The molecule has 0 aromatic heterocycles. The van der Waals surface area contributed by atoms with Crippen LogP contribution in [-0.4, -0.2) is 63.8 Å². The van der Waals surface area contributed by atoms with Crippen molar-refractivity contribution in [3.05, 3.63) is 0 Å². The molecule has 0 bridgehead atoms. The van der Waals surface area contributed by atoms with E-state index in [0.717, 1.165) is 51.1 Å². The Bertz CT molecular complexity index is 385. The van der Waals surface area contributed by atoms with Crippen LogP contribution in [0.2, 0.25) is 0 Å². The summed E-state index contributed by atoms with van der Waals surface area (Å²) in [6, 6.07) is 0. The fourth-order valence-corrected chi connectivity index (χ4v) is 4.14. The van der Waals surface area contributed by atoms with Gasteiger partial charge in [-0.1, -0.05) is 19.8 Å². The summed E-state index contributed by atoms with van der Waals surface area (Å²) in [5.41, 5.74) is 0.362. The molecule has 2 aliphatic rings. The molecule has 0 atom stereocenters. The molecule has 1 saturated carbocycles. The third-order valence-electron chi connectivity index (χ3n) is 6.01. The van der Waals surface area contributed by atoms with Gasteiger partial charge in [0.05, 0.1) is 0 Å². The predicted octanol–water partition coefficient (Wildman–Crippen LogP) is 2.87.